The first-order valence-corrected chi connectivity index (χ1v) is 6.11. The Kier molecular flexibility index (Phi) is 4.13. The third-order valence-corrected chi connectivity index (χ3v) is 2.56. The van der Waals surface area contributed by atoms with Crippen LogP contribution in [0.2, 0.25) is 0 Å². The predicted molar refractivity (Wildman–Crippen MR) is 74.1 cm³/mol. The van der Waals surface area contributed by atoms with E-state index in [1.165, 1.54) is 0 Å². The van der Waals surface area contributed by atoms with Crippen molar-refractivity contribution in [3.8, 4) is 5.75 Å². The molecule has 0 unspecified atom stereocenters. The van der Waals surface area contributed by atoms with Crippen LogP contribution >= 0.6 is 0 Å². The van der Waals surface area contributed by atoms with Gasteiger partial charge in [-0.15, -0.1) is 0 Å². The number of aromatic nitrogens is 1. The van der Waals surface area contributed by atoms with Gasteiger partial charge in [0.25, 0.3) is 5.91 Å². The molecule has 1 atom stereocenters. The Morgan fingerprint density at radius 2 is 1.89 bits per heavy atom. The lowest BCUT2D eigenvalue weighted by Gasteiger charge is -2.14. The summed E-state index contributed by atoms with van der Waals surface area (Å²) in [6.45, 7) is 3.58. The Morgan fingerprint density at radius 1 is 1.16 bits per heavy atom. The standard InChI is InChI=1S/C15H16N2O2/c1-11-7-6-10-14(16-11)17-15(18)12(2)19-13-8-4-3-5-9-13/h3-10,12H,1-2H3,(H,16,17,18)/t12-/m0/s1. The van der Waals surface area contributed by atoms with Crippen LogP contribution in [0.1, 0.15) is 12.6 Å². The van der Waals surface area contributed by atoms with Crippen molar-refractivity contribution >= 4 is 11.7 Å². The number of anilines is 1. The molecule has 0 saturated carbocycles. The molecule has 4 heteroatoms. The van der Waals surface area contributed by atoms with E-state index in [0.29, 0.717) is 11.6 Å². The van der Waals surface area contributed by atoms with Gasteiger partial charge in [-0.05, 0) is 38.1 Å². The zero-order chi connectivity index (χ0) is 13.7. The molecule has 1 amide bonds. The minimum atomic E-state index is -0.579. The van der Waals surface area contributed by atoms with Crippen LogP contribution in [-0.2, 0) is 4.79 Å². The number of rotatable bonds is 4. The number of aryl methyl sites for hydroxylation is 1. The predicted octanol–water partition coefficient (Wildman–Crippen LogP) is 2.80. The SMILES string of the molecule is Cc1cccc(NC(=O)[C@H](C)Oc2ccccc2)n1. The third kappa shape index (κ3) is 3.81. The van der Waals surface area contributed by atoms with Crippen molar-refractivity contribution in [2.45, 2.75) is 20.0 Å². The molecule has 0 spiro atoms. The lowest BCUT2D eigenvalue weighted by Crippen LogP contribution is -2.30. The monoisotopic (exact) mass is 256 g/mol. The van der Waals surface area contributed by atoms with Crippen LogP contribution in [0.25, 0.3) is 0 Å². The van der Waals surface area contributed by atoms with Crippen molar-refractivity contribution in [1.29, 1.82) is 0 Å². The van der Waals surface area contributed by atoms with E-state index >= 15 is 0 Å². The summed E-state index contributed by atoms with van der Waals surface area (Å²) in [5.74, 6) is 0.984. The molecule has 0 aliphatic rings. The van der Waals surface area contributed by atoms with E-state index in [9.17, 15) is 4.79 Å². The van der Waals surface area contributed by atoms with Gasteiger partial charge < -0.3 is 10.1 Å². The molecule has 1 N–H and O–H groups in total. The lowest BCUT2D eigenvalue weighted by molar-refractivity contribution is -0.122. The fraction of sp³-hybridized carbons (Fsp3) is 0.200. The first kappa shape index (κ1) is 13.1. The van der Waals surface area contributed by atoms with Crippen LogP contribution in [0.15, 0.2) is 48.5 Å². The summed E-state index contributed by atoms with van der Waals surface area (Å²) in [4.78, 5) is 16.2. The number of hydrogen-bond donors (Lipinski definition) is 1. The summed E-state index contributed by atoms with van der Waals surface area (Å²) in [6, 6.07) is 14.7. The second-order valence-electron chi connectivity index (χ2n) is 4.23. The van der Waals surface area contributed by atoms with E-state index in [2.05, 4.69) is 10.3 Å². The topological polar surface area (TPSA) is 51.2 Å². The summed E-state index contributed by atoms with van der Waals surface area (Å²) < 4.78 is 5.54. The van der Waals surface area contributed by atoms with E-state index in [-0.39, 0.29) is 5.91 Å². The van der Waals surface area contributed by atoms with E-state index in [1.807, 2.05) is 49.4 Å². The quantitative estimate of drug-likeness (QED) is 0.915. The van der Waals surface area contributed by atoms with Gasteiger partial charge >= 0.3 is 0 Å². The van der Waals surface area contributed by atoms with Crippen molar-refractivity contribution < 1.29 is 9.53 Å². The zero-order valence-electron chi connectivity index (χ0n) is 11.0. The number of carbonyl (C=O) groups is 1. The smallest absolute Gasteiger partial charge is 0.266 e. The number of nitrogens with one attached hydrogen (secondary N) is 1. The summed E-state index contributed by atoms with van der Waals surface area (Å²) in [7, 11) is 0. The molecule has 0 fully saturated rings. The molecule has 0 aliphatic carbocycles. The number of nitrogens with zero attached hydrogens (tertiary/aromatic N) is 1. The number of para-hydroxylation sites is 1. The molecule has 1 aromatic carbocycles. The second-order valence-corrected chi connectivity index (χ2v) is 4.23. The maximum Gasteiger partial charge on any atom is 0.266 e. The molecule has 98 valence electrons. The molecular weight excluding hydrogens is 240 g/mol. The molecule has 19 heavy (non-hydrogen) atoms. The summed E-state index contributed by atoms with van der Waals surface area (Å²) in [5, 5.41) is 2.73. The Bertz CT molecular complexity index is 555. The molecule has 4 nitrogen and oxygen atoms in total. The first-order chi connectivity index (χ1) is 9.15. The van der Waals surface area contributed by atoms with Crippen LogP contribution in [0.4, 0.5) is 5.82 Å². The second kappa shape index (κ2) is 6.00. The van der Waals surface area contributed by atoms with Crippen LogP contribution < -0.4 is 10.1 Å². The number of ether oxygens (including phenoxy) is 1. The number of hydrogen-bond acceptors (Lipinski definition) is 3. The Hall–Kier alpha value is -2.36. The summed E-state index contributed by atoms with van der Waals surface area (Å²) in [5.41, 5.74) is 0.856. The third-order valence-electron chi connectivity index (χ3n) is 2.56. The van der Waals surface area contributed by atoms with Crippen LogP contribution in [0.5, 0.6) is 5.75 Å². The van der Waals surface area contributed by atoms with Crippen molar-refractivity contribution in [2.75, 3.05) is 5.32 Å². The van der Waals surface area contributed by atoms with Gasteiger partial charge in [-0.25, -0.2) is 4.98 Å². The van der Waals surface area contributed by atoms with Gasteiger partial charge in [-0.3, -0.25) is 4.79 Å². The van der Waals surface area contributed by atoms with Gasteiger partial charge in [0, 0.05) is 5.69 Å². The van der Waals surface area contributed by atoms with E-state index in [1.54, 1.807) is 13.0 Å². The zero-order valence-corrected chi connectivity index (χ0v) is 11.0. The largest absolute Gasteiger partial charge is 0.481 e. The normalized spacial score (nSPS) is 11.7. The molecule has 0 saturated heterocycles. The summed E-state index contributed by atoms with van der Waals surface area (Å²) in [6.07, 6.45) is -0.579. The highest BCUT2D eigenvalue weighted by atomic mass is 16.5. The van der Waals surface area contributed by atoms with Crippen LogP contribution in [0.3, 0.4) is 0 Å². The van der Waals surface area contributed by atoms with E-state index in [4.69, 9.17) is 4.74 Å². The van der Waals surface area contributed by atoms with Gasteiger partial charge in [0.1, 0.15) is 11.6 Å². The highest BCUT2D eigenvalue weighted by Gasteiger charge is 2.15. The number of amides is 1. The van der Waals surface area contributed by atoms with Crippen molar-refractivity contribution in [1.82, 2.24) is 4.98 Å². The number of benzene rings is 1. The average molecular weight is 256 g/mol. The van der Waals surface area contributed by atoms with Gasteiger partial charge in [0.05, 0.1) is 0 Å². The van der Waals surface area contributed by atoms with E-state index in [0.717, 1.165) is 5.69 Å². The highest BCUT2D eigenvalue weighted by Crippen LogP contribution is 2.12. The molecule has 0 aliphatic heterocycles. The Balaban J connectivity index is 1.96. The molecule has 1 aromatic heterocycles. The van der Waals surface area contributed by atoms with Crippen LogP contribution in [-0.4, -0.2) is 17.0 Å². The fourth-order valence-corrected chi connectivity index (χ4v) is 1.60. The van der Waals surface area contributed by atoms with E-state index < -0.39 is 6.10 Å². The molecular formula is C15H16N2O2. The maximum atomic E-state index is 12.0. The molecule has 2 aromatic rings. The molecule has 0 radical (unpaired) electrons. The number of carbonyl (C=O) groups excluding carboxylic acids is 1. The minimum absolute atomic E-state index is 0.220. The average Bonchev–Trinajstić information content (AvgIpc) is 2.40. The van der Waals surface area contributed by atoms with Crippen molar-refractivity contribution in [3.05, 3.63) is 54.2 Å². The highest BCUT2D eigenvalue weighted by molar-refractivity contribution is 5.93. The van der Waals surface area contributed by atoms with Gasteiger partial charge in [0.15, 0.2) is 6.10 Å². The van der Waals surface area contributed by atoms with Gasteiger partial charge in [0.2, 0.25) is 0 Å². The van der Waals surface area contributed by atoms with Gasteiger partial charge in [-0.1, -0.05) is 24.3 Å². The van der Waals surface area contributed by atoms with Crippen LogP contribution in [0, 0.1) is 6.92 Å². The van der Waals surface area contributed by atoms with Gasteiger partial charge in [-0.2, -0.15) is 0 Å². The maximum absolute atomic E-state index is 12.0. The van der Waals surface area contributed by atoms with Crippen molar-refractivity contribution in [2.24, 2.45) is 0 Å². The lowest BCUT2D eigenvalue weighted by atomic mass is 10.3. The first-order valence-electron chi connectivity index (χ1n) is 6.11. The Labute approximate surface area is 112 Å². The fourth-order valence-electron chi connectivity index (χ4n) is 1.60. The molecule has 1 heterocycles. The molecule has 2 rings (SSSR count). The summed E-state index contributed by atoms with van der Waals surface area (Å²) >= 11 is 0. The minimum Gasteiger partial charge on any atom is -0.481 e. The Morgan fingerprint density at radius 3 is 2.58 bits per heavy atom. The number of pyridine rings is 1. The molecule has 0 bridgehead atoms. The van der Waals surface area contributed by atoms with Crippen molar-refractivity contribution in [3.63, 3.8) is 0 Å².